The van der Waals surface area contributed by atoms with Crippen LogP contribution in [0.5, 0.6) is 0 Å². The molecule has 8 heteroatoms. The van der Waals surface area contributed by atoms with Crippen LogP contribution in [-0.4, -0.2) is 27.2 Å². The molecular formula is C19H17N5O3. The third-order valence-electron chi connectivity index (χ3n) is 3.96. The number of nitro benzene ring substituents is 1. The average molecular weight is 363 g/mol. The summed E-state index contributed by atoms with van der Waals surface area (Å²) < 4.78 is 0. The standard InChI is InChI=1S/C19H17N5O3/c1-2-13-3-7-15(8-4-13)17-11-18(22-21-17)19(25)23-20-12-14-5-9-16(10-6-14)24(26)27/h3-12H,2H2,1H3,(H,21,22)(H,23,25)/b20-12-. The number of nitrogens with zero attached hydrogens (tertiary/aromatic N) is 3. The fourth-order valence-corrected chi connectivity index (χ4v) is 2.40. The Morgan fingerprint density at radius 2 is 1.93 bits per heavy atom. The van der Waals surface area contributed by atoms with Crippen LogP contribution in [0, 0.1) is 10.1 Å². The van der Waals surface area contributed by atoms with Crippen LogP contribution in [0.25, 0.3) is 11.3 Å². The van der Waals surface area contributed by atoms with E-state index in [2.05, 4.69) is 27.6 Å². The quantitative estimate of drug-likeness (QED) is 0.397. The molecule has 0 radical (unpaired) electrons. The molecule has 0 unspecified atom stereocenters. The molecule has 0 spiro atoms. The molecule has 0 saturated heterocycles. The molecule has 1 aromatic heterocycles. The Labute approximate surface area is 155 Å². The Morgan fingerprint density at radius 3 is 2.56 bits per heavy atom. The van der Waals surface area contributed by atoms with Gasteiger partial charge in [0.25, 0.3) is 11.6 Å². The molecule has 2 aromatic carbocycles. The third kappa shape index (κ3) is 4.43. The second-order valence-corrected chi connectivity index (χ2v) is 5.77. The van der Waals surface area contributed by atoms with E-state index in [0.717, 1.165) is 12.0 Å². The molecule has 0 aliphatic heterocycles. The molecule has 0 aliphatic rings. The molecule has 0 aliphatic carbocycles. The third-order valence-corrected chi connectivity index (χ3v) is 3.96. The van der Waals surface area contributed by atoms with E-state index in [-0.39, 0.29) is 11.4 Å². The number of hydrogen-bond donors (Lipinski definition) is 2. The maximum absolute atomic E-state index is 12.1. The topological polar surface area (TPSA) is 113 Å². The maximum atomic E-state index is 12.1. The number of aryl methyl sites for hydroxylation is 1. The minimum Gasteiger partial charge on any atom is -0.272 e. The van der Waals surface area contributed by atoms with Gasteiger partial charge in [-0.1, -0.05) is 31.2 Å². The smallest absolute Gasteiger partial charge is 0.272 e. The van der Waals surface area contributed by atoms with Crippen LogP contribution < -0.4 is 5.43 Å². The van der Waals surface area contributed by atoms with Crippen LogP contribution in [-0.2, 0) is 6.42 Å². The maximum Gasteiger partial charge on any atom is 0.289 e. The van der Waals surface area contributed by atoms with Crippen LogP contribution >= 0.6 is 0 Å². The van der Waals surface area contributed by atoms with Crippen molar-refractivity contribution in [1.82, 2.24) is 15.6 Å². The second-order valence-electron chi connectivity index (χ2n) is 5.77. The Hall–Kier alpha value is -3.81. The highest BCUT2D eigenvalue weighted by Gasteiger charge is 2.10. The molecule has 1 heterocycles. The first kappa shape index (κ1) is 18.0. The summed E-state index contributed by atoms with van der Waals surface area (Å²) in [6.45, 7) is 2.09. The van der Waals surface area contributed by atoms with Gasteiger partial charge in [0.15, 0.2) is 0 Å². The molecular weight excluding hydrogens is 346 g/mol. The number of aromatic amines is 1. The van der Waals surface area contributed by atoms with Crippen molar-refractivity contribution in [2.75, 3.05) is 0 Å². The molecule has 1 amide bonds. The normalized spacial score (nSPS) is 10.9. The molecule has 3 aromatic rings. The van der Waals surface area contributed by atoms with E-state index in [0.29, 0.717) is 11.3 Å². The number of aromatic nitrogens is 2. The van der Waals surface area contributed by atoms with Crippen molar-refractivity contribution in [2.24, 2.45) is 5.10 Å². The van der Waals surface area contributed by atoms with E-state index in [1.165, 1.54) is 23.9 Å². The monoisotopic (exact) mass is 363 g/mol. The second kappa shape index (κ2) is 8.05. The van der Waals surface area contributed by atoms with E-state index in [1.54, 1.807) is 18.2 Å². The van der Waals surface area contributed by atoms with Crippen molar-refractivity contribution in [2.45, 2.75) is 13.3 Å². The number of H-pyrrole nitrogens is 1. The number of carbonyl (C=O) groups is 1. The zero-order valence-electron chi connectivity index (χ0n) is 14.5. The van der Waals surface area contributed by atoms with Crippen LogP contribution in [0.1, 0.15) is 28.5 Å². The van der Waals surface area contributed by atoms with Gasteiger partial charge in [0.1, 0.15) is 5.69 Å². The largest absolute Gasteiger partial charge is 0.289 e. The van der Waals surface area contributed by atoms with Crippen molar-refractivity contribution in [3.05, 3.63) is 81.5 Å². The fraction of sp³-hybridized carbons (Fsp3) is 0.105. The van der Waals surface area contributed by atoms with E-state index in [4.69, 9.17) is 0 Å². The van der Waals surface area contributed by atoms with Crippen molar-refractivity contribution < 1.29 is 9.72 Å². The lowest BCUT2D eigenvalue weighted by molar-refractivity contribution is -0.384. The molecule has 27 heavy (non-hydrogen) atoms. The number of carbonyl (C=O) groups excluding carboxylic acids is 1. The van der Waals surface area contributed by atoms with Gasteiger partial charge in [-0.3, -0.25) is 20.0 Å². The van der Waals surface area contributed by atoms with Gasteiger partial charge in [0.05, 0.1) is 16.8 Å². The van der Waals surface area contributed by atoms with Crippen molar-refractivity contribution in [3.63, 3.8) is 0 Å². The van der Waals surface area contributed by atoms with E-state index in [9.17, 15) is 14.9 Å². The van der Waals surface area contributed by atoms with Crippen LogP contribution in [0.15, 0.2) is 59.7 Å². The zero-order valence-corrected chi connectivity index (χ0v) is 14.5. The molecule has 0 fully saturated rings. The number of hydrogen-bond acceptors (Lipinski definition) is 5. The predicted octanol–water partition coefficient (Wildman–Crippen LogP) is 3.31. The molecule has 2 N–H and O–H groups in total. The van der Waals surface area contributed by atoms with Crippen LogP contribution in [0.3, 0.4) is 0 Å². The SMILES string of the molecule is CCc1ccc(-c2cc(C(=O)N/N=C\c3ccc([N+](=O)[O-])cc3)[nH]n2)cc1. The van der Waals surface area contributed by atoms with E-state index < -0.39 is 10.8 Å². The zero-order chi connectivity index (χ0) is 19.2. The molecule has 0 atom stereocenters. The van der Waals surface area contributed by atoms with Gasteiger partial charge in [-0.25, -0.2) is 5.43 Å². The highest BCUT2D eigenvalue weighted by atomic mass is 16.6. The molecule has 0 bridgehead atoms. The Kier molecular flexibility index (Phi) is 5.36. The van der Waals surface area contributed by atoms with Crippen LogP contribution in [0.4, 0.5) is 5.69 Å². The summed E-state index contributed by atoms with van der Waals surface area (Å²) in [5.41, 5.74) is 6.11. The van der Waals surface area contributed by atoms with E-state index >= 15 is 0 Å². The van der Waals surface area contributed by atoms with Crippen molar-refractivity contribution in [3.8, 4) is 11.3 Å². The first-order valence-electron chi connectivity index (χ1n) is 8.29. The Morgan fingerprint density at radius 1 is 1.22 bits per heavy atom. The van der Waals surface area contributed by atoms with Gasteiger partial charge >= 0.3 is 0 Å². The van der Waals surface area contributed by atoms with Crippen molar-refractivity contribution >= 4 is 17.8 Å². The lowest BCUT2D eigenvalue weighted by Crippen LogP contribution is -2.17. The number of rotatable bonds is 6. The molecule has 136 valence electrons. The first-order chi connectivity index (χ1) is 13.1. The average Bonchev–Trinajstić information content (AvgIpc) is 3.19. The van der Waals surface area contributed by atoms with E-state index in [1.807, 2.05) is 24.3 Å². The fourth-order valence-electron chi connectivity index (χ4n) is 2.40. The van der Waals surface area contributed by atoms with Gasteiger partial charge in [0.2, 0.25) is 0 Å². The summed E-state index contributed by atoms with van der Waals surface area (Å²) in [5, 5.41) is 21.3. The van der Waals surface area contributed by atoms with Crippen LogP contribution in [0.2, 0.25) is 0 Å². The Balaban J connectivity index is 1.62. The summed E-state index contributed by atoms with van der Waals surface area (Å²) in [7, 11) is 0. The summed E-state index contributed by atoms with van der Waals surface area (Å²) in [6.07, 6.45) is 2.36. The number of hydrazone groups is 1. The van der Waals surface area contributed by atoms with Crippen molar-refractivity contribution in [1.29, 1.82) is 0 Å². The molecule has 0 saturated carbocycles. The lowest BCUT2D eigenvalue weighted by Gasteiger charge is -1.98. The Bertz CT molecular complexity index is 975. The number of benzene rings is 2. The highest BCUT2D eigenvalue weighted by molar-refractivity contribution is 5.94. The number of nitrogens with one attached hydrogen (secondary N) is 2. The van der Waals surface area contributed by atoms with Gasteiger partial charge in [0, 0.05) is 17.7 Å². The number of non-ortho nitro benzene ring substituents is 1. The molecule has 3 rings (SSSR count). The lowest BCUT2D eigenvalue weighted by atomic mass is 10.1. The summed E-state index contributed by atoms with van der Waals surface area (Å²) in [6, 6.07) is 15.5. The minimum atomic E-state index is -0.478. The van der Waals surface area contributed by atoms with Gasteiger partial charge in [-0.2, -0.15) is 10.2 Å². The van der Waals surface area contributed by atoms with Gasteiger partial charge in [-0.05, 0) is 35.7 Å². The number of amides is 1. The minimum absolute atomic E-state index is 0.00635. The summed E-state index contributed by atoms with van der Waals surface area (Å²) in [5.74, 6) is -0.433. The predicted molar refractivity (Wildman–Crippen MR) is 102 cm³/mol. The van der Waals surface area contributed by atoms with Gasteiger partial charge < -0.3 is 0 Å². The first-order valence-corrected chi connectivity index (χ1v) is 8.29. The highest BCUT2D eigenvalue weighted by Crippen LogP contribution is 2.18. The summed E-state index contributed by atoms with van der Waals surface area (Å²) in [4.78, 5) is 22.3. The molecule has 8 nitrogen and oxygen atoms in total. The summed E-state index contributed by atoms with van der Waals surface area (Å²) >= 11 is 0. The number of nitro groups is 1. The van der Waals surface area contributed by atoms with Gasteiger partial charge in [-0.15, -0.1) is 0 Å².